The number of anilines is 1. The van der Waals surface area contributed by atoms with Gasteiger partial charge in [0.15, 0.2) is 0 Å². The fraction of sp³-hybridized carbons (Fsp3) is 0.176. The molecule has 0 heterocycles. The van der Waals surface area contributed by atoms with E-state index < -0.39 is 0 Å². The van der Waals surface area contributed by atoms with Crippen LogP contribution >= 0.6 is 11.6 Å². The molecule has 0 bridgehead atoms. The van der Waals surface area contributed by atoms with Gasteiger partial charge >= 0.3 is 0 Å². The molecule has 0 radical (unpaired) electrons. The van der Waals surface area contributed by atoms with Crippen LogP contribution in [0.5, 0.6) is 5.75 Å². The average molecular weight is 333 g/mol. The van der Waals surface area contributed by atoms with Crippen LogP contribution in [0.2, 0.25) is 5.02 Å². The fourth-order valence-electron chi connectivity index (χ4n) is 1.96. The second-order valence-electron chi connectivity index (χ2n) is 4.67. The minimum absolute atomic E-state index is 0.147. The van der Waals surface area contributed by atoms with Crippen molar-refractivity contribution in [3.8, 4) is 5.75 Å². The molecule has 0 saturated carbocycles. The van der Waals surface area contributed by atoms with E-state index in [1.54, 1.807) is 48.5 Å². The molecule has 2 amide bonds. The number of hydrogen-bond donors (Lipinski definition) is 2. The Balaban J connectivity index is 1.92. The third kappa shape index (κ3) is 5.00. The molecule has 0 unspecified atom stereocenters. The Kier molecular flexibility index (Phi) is 6.00. The van der Waals surface area contributed by atoms with E-state index in [0.717, 1.165) is 0 Å². The molecule has 5 nitrogen and oxygen atoms in total. The van der Waals surface area contributed by atoms with Crippen LogP contribution in [0.4, 0.5) is 5.69 Å². The van der Waals surface area contributed by atoms with E-state index in [-0.39, 0.29) is 18.4 Å². The van der Waals surface area contributed by atoms with Gasteiger partial charge in [-0.2, -0.15) is 0 Å². The van der Waals surface area contributed by atoms with Crippen molar-refractivity contribution in [3.05, 3.63) is 59.1 Å². The van der Waals surface area contributed by atoms with Crippen LogP contribution in [0.15, 0.2) is 48.5 Å². The van der Waals surface area contributed by atoms with Crippen molar-refractivity contribution in [2.45, 2.75) is 6.92 Å². The highest BCUT2D eigenvalue weighted by Gasteiger charge is 2.13. The van der Waals surface area contributed by atoms with E-state index in [9.17, 15) is 9.59 Å². The van der Waals surface area contributed by atoms with Crippen LogP contribution in [-0.2, 0) is 4.79 Å². The SMILES string of the molecule is CCOc1ccccc1C(=O)NCC(=O)Nc1cccc(Cl)c1. The van der Waals surface area contributed by atoms with Crippen LogP contribution in [-0.4, -0.2) is 25.0 Å². The largest absolute Gasteiger partial charge is 0.493 e. The van der Waals surface area contributed by atoms with Gasteiger partial charge in [-0.05, 0) is 37.3 Å². The van der Waals surface area contributed by atoms with Gasteiger partial charge < -0.3 is 15.4 Å². The Hall–Kier alpha value is -2.53. The number of hydrogen-bond acceptors (Lipinski definition) is 3. The third-order valence-electron chi connectivity index (χ3n) is 2.95. The van der Waals surface area contributed by atoms with E-state index >= 15 is 0 Å². The second-order valence-corrected chi connectivity index (χ2v) is 5.11. The molecule has 0 spiro atoms. The molecule has 0 fully saturated rings. The average Bonchev–Trinajstić information content (AvgIpc) is 2.53. The summed E-state index contributed by atoms with van der Waals surface area (Å²) in [5, 5.41) is 5.75. The quantitative estimate of drug-likeness (QED) is 0.854. The van der Waals surface area contributed by atoms with Gasteiger partial charge in [-0.1, -0.05) is 29.8 Å². The summed E-state index contributed by atoms with van der Waals surface area (Å²) in [6.45, 7) is 2.15. The van der Waals surface area contributed by atoms with Crippen molar-refractivity contribution < 1.29 is 14.3 Å². The molecule has 2 rings (SSSR count). The number of carbonyl (C=O) groups is 2. The monoisotopic (exact) mass is 332 g/mol. The minimum Gasteiger partial charge on any atom is -0.493 e. The van der Waals surface area contributed by atoms with Gasteiger partial charge in [0, 0.05) is 10.7 Å². The summed E-state index contributed by atoms with van der Waals surface area (Å²) in [6, 6.07) is 13.7. The fourth-order valence-corrected chi connectivity index (χ4v) is 2.15. The molecule has 2 N–H and O–H groups in total. The molecule has 0 saturated heterocycles. The Morgan fingerprint density at radius 2 is 1.91 bits per heavy atom. The van der Waals surface area contributed by atoms with Gasteiger partial charge in [0.25, 0.3) is 5.91 Å². The summed E-state index contributed by atoms with van der Waals surface area (Å²) < 4.78 is 5.40. The predicted molar refractivity (Wildman–Crippen MR) is 90.0 cm³/mol. The Bertz CT molecular complexity index is 704. The Morgan fingerprint density at radius 1 is 1.13 bits per heavy atom. The number of amides is 2. The number of carbonyl (C=O) groups excluding carboxylic acids is 2. The van der Waals surface area contributed by atoms with Gasteiger partial charge in [-0.3, -0.25) is 9.59 Å². The first-order chi connectivity index (χ1) is 11.1. The lowest BCUT2D eigenvalue weighted by Crippen LogP contribution is -2.33. The minimum atomic E-state index is -0.365. The lowest BCUT2D eigenvalue weighted by molar-refractivity contribution is -0.115. The van der Waals surface area contributed by atoms with E-state index in [2.05, 4.69) is 10.6 Å². The maximum atomic E-state index is 12.2. The molecule has 120 valence electrons. The van der Waals surface area contributed by atoms with E-state index in [1.165, 1.54) is 0 Å². The van der Waals surface area contributed by atoms with E-state index in [4.69, 9.17) is 16.3 Å². The van der Waals surface area contributed by atoms with Crippen LogP contribution in [0, 0.1) is 0 Å². The van der Waals surface area contributed by atoms with E-state index in [0.29, 0.717) is 28.6 Å². The smallest absolute Gasteiger partial charge is 0.255 e. The number of halogens is 1. The zero-order valence-corrected chi connectivity index (χ0v) is 13.4. The molecule has 0 atom stereocenters. The summed E-state index contributed by atoms with van der Waals surface area (Å²) in [6.07, 6.45) is 0. The van der Waals surface area contributed by atoms with Gasteiger partial charge in [-0.25, -0.2) is 0 Å². The summed E-state index contributed by atoms with van der Waals surface area (Å²) in [7, 11) is 0. The highest BCUT2D eigenvalue weighted by molar-refractivity contribution is 6.30. The number of rotatable bonds is 6. The molecule has 0 aliphatic heterocycles. The van der Waals surface area contributed by atoms with Gasteiger partial charge in [-0.15, -0.1) is 0 Å². The van der Waals surface area contributed by atoms with Crippen molar-refractivity contribution in [2.24, 2.45) is 0 Å². The highest BCUT2D eigenvalue weighted by atomic mass is 35.5. The zero-order valence-electron chi connectivity index (χ0n) is 12.6. The van der Waals surface area contributed by atoms with Crippen molar-refractivity contribution >= 4 is 29.1 Å². The van der Waals surface area contributed by atoms with Crippen molar-refractivity contribution in [3.63, 3.8) is 0 Å². The molecule has 0 aromatic heterocycles. The van der Waals surface area contributed by atoms with E-state index in [1.807, 2.05) is 6.92 Å². The number of nitrogens with one attached hydrogen (secondary N) is 2. The third-order valence-corrected chi connectivity index (χ3v) is 3.18. The van der Waals surface area contributed by atoms with Gasteiger partial charge in [0.2, 0.25) is 5.91 Å². The summed E-state index contributed by atoms with van der Waals surface area (Å²) in [4.78, 5) is 24.0. The lowest BCUT2D eigenvalue weighted by Gasteiger charge is -2.10. The maximum absolute atomic E-state index is 12.2. The summed E-state index contributed by atoms with van der Waals surface area (Å²) >= 11 is 5.85. The predicted octanol–water partition coefficient (Wildman–Crippen LogP) is 3.11. The van der Waals surface area contributed by atoms with Crippen LogP contribution in [0.3, 0.4) is 0 Å². The molecule has 2 aromatic rings. The molecule has 6 heteroatoms. The first-order valence-corrected chi connectivity index (χ1v) is 7.53. The molecule has 0 aliphatic carbocycles. The van der Waals surface area contributed by atoms with Crippen LogP contribution < -0.4 is 15.4 Å². The lowest BCUT2D eigenvalue weighted by atomic mass is 10.2. The van der Waals surface area contributed by atoms with Crippen LogP contribution in [0.1, 0.15) is 17.3 Å². The Morgan fingerprint density at radius 3 is 2.65 bits per heavy atom. The summed E-state index contributed by atoms with van der Waals surface area (Å²) in [5.41, 5.74) is 0.969. The topological polar surface area (TPSA) is 67.4 Å². The molecular formula is C17H17ClN2O3. The van der Waals surface area contributed by atoms with Crippen molar-refractivity contribution in [2.75, 3.05) is 18.5 Å². The first kappa shape index (κ1) is 16.8. The molecule has 0 aliphatic rings. The number of benzene rings is 2. The zero-order chi connectivity index (χ0) is 16.7. The van der Waals surface area contributed by atoms with Gasteiger partial charge in [0.05, 0.1) is 18.7 Å². The molecule has 23 heavy (non-hydrogen) atoms. The normalized spacial score (nSPS) is 10.0. The molecular weight excluding hydrogens is 316 g/mol. The number of ether oxygens (including phenoxy) is 1. The highest BCUT2D eigenvalue weighted by Crippen LogP contribution is 2.17. The second kappa shape index (κ2) is 8.19. The first-order valence-electron chi connectivity index (χ1n) is 7.15. The van der Waals surface area contributed by atoms with Crippen molar-refractivity contribution in [1.82, 2.24) is 5.32 Å². The molecule has 2 aromatic carbocycles. The number of para-hydroxylation sites is 1. The summed E-state index contributed by atoms with van der Waals surface area (Å²) in [5.74, 6) is -0.215. The maximum Gasteiger partial charge on any atom is 0.255 e. The Labute approximate surface area is 139 Å². The van der Waals surface area contributed by atoms with Crippen molar-refractivity contribution in [1.29, 1.82) is 0 Å². The van der Waals surface area contributed by atoms with Crippen LogP contribution in [0.25, 0.3) is 0 Å². The van der Waals surface area contributed by atoms with Gasteiger partial charge in [0.1, 0.15) is 5.75 Å². The standard InChI is InChI=1S/C17H17ClN2O3/c1-2-23-15-9-4-3-8-14(15)17(22)19-11-16(21)20-13-7-5-6-12(18)10-13/h3-10H,2,11H2,1H3,(H,19,22)(H,20,21).